The Kier molecular flexibility index (Phi) is 8.64. The average molecular weight is 559 g/mol. The minimum atomic E-state index is -1.10. The molecule has 1 heterocycles. The summed E-state index contributed by atoms with van der Waals surface area (Å²) in [5.74, 6) is -2.45. The summed E-state index contributed by atoms with van der Waals surface area (Å²) in [6.45, 7) is -0.00288. The molecule has 0 radical (unpaired) electrons. The second-order valence-corrected chi connectivity index (χ2v) is 9.79. The molecular formula is C28H22Cl3NO5. The average Bonchev–Trinajstić information content (AvgIpc) is 3.30. The third kappa shape index (κ3) is 6.21. The topological polar surface area (TPSA) is 80.8 Å². The summed E-state index contributed by atoms with van der Waals surface area (Å²) in [6.07, 6.45) is -1.10. The summed E-state index contributed by atoms with van der Waals surface area (Å²) in [5, 5.41) is 0.814. The van der Waals surface area contributed by atoms with E-state index < -0.39 is 23.8 Å². The summed E-state index contributed by atoms with van der Waals surface area (Å²) in [5.41, 5.74) is 1.38. The molecule has 3 aromatic carbocycles. The fraction of sp³-hybridized carbons (Fsp3) is 0.214. The number of ether oxygens (including phenoxy) is 1. The molecule has 0 unspecified atom stereocenters. The number of rotatable bonds is 9. The van der Waals surface area contributed by atoms with Gasteiger partial charge in [0.2, 0.25) is 11.7 Å². The SMILES string of the molecule is O=C(c1ccccc1)c1cc(Cl)ccc1N1C[C@@H](C(=O)O[C@@H](CCCl)C(=O)c2ccc(Cl)cc2)CC1=O. The van der Waals surface area contributed by atoms with Gasteiger partial charge in [-0.05, 0) is 42.5 Å². The van der Waals surface area contributed by atoms with Crippen molar-refractivity contribution in [1.82, 2.24) is 0 Å². The number of carbonyl (C=O) groups is 4. The normalized spacial score (nSPS) is 15.9. The first-order valence-electron chi connectivity index (χ1n) is 11.5. The Morgan fingerprint density at radius 1 is 0.919 bits per heavy atom. The number of amides is 1. The summed E-state index contributed by atoms with van der Waals surface area (Å²) >= 11 is 17.9. The van der Waals surface area contributed by atoms with E-state index in [9.17, 15) is 19.2 Å². The molecule has 0 spiro atoms. The Balaban J connectivity index is 1.53. The maximum atomic E-state index is 13.2. The largest absolute Gasteiger partial charge is 0.454 e. The summed E-state index contributed by atoms with van der Waals surface area (Å²) in [6, 6.07) is 19.5. The van der Waals surface area contributed by atoms with Crippen molar-refractivity contribution in [3.63, 3.8) is 0 Å². The van der Waals surface area contributed by atoms with Crippen LogP contribution in [0.15, 0.2) is 72.8 Å². The zero-order valence-corrected chi connectivity index (χ0v) is 21.8. The maximum Gasteiger partial charge on any atom is 0.312 e. The molecule has 1 aliphatic rings. The molecular weight excluding hydrogens is 537 g/mol. The predicted octanol–water partition coefficient (Wildman–Crippen LogP) is 6.00. The molecule has 190 valence electrons. The number of alkyl halides is 1. The number of carbonyl (C=O) groups excluding carboxylic acids is 4. The zero-order chi connectivity index (χ0) is 26.5. The minimum Gasteiger partial charge on any atom is -0.454 e. The summed E-state index contributed by atoms with van der Waals surface area (Å²) in [7, 11) is 0. The van der Waals surface area contributed by atoms with E-state index in [1.54, 1.807) is 66.7 Å². The van der Waals surface area contributed by atoms with Crippen LogP contribution in [0.5, 0.6) is 0 Å². The van der Waals surface area contributed by atoms with Crippen molar-refractivity contribution in [3.05, 3.63) is 99.5 Å². The predicted molar refractivity (Wildman–Crippen MR) is 143 cm³/mol. The Labute approximate surface area is 229 Å². The highest BCUT2D eigenvalue weighted by Crippen LogP contribution is 2.32. The molecule has 37 heavy (non-hydrogen) atoms. The number of halogens is 3. The van der Waals surface area contributed by atoms with Crippen molar-refractivity contribution in [2.45, 2.75) is 18.9 Å². The van der Waals surface area contributed by atoms with Gasteiger partial charge in [-0.2, -0.15) is 0 Å². The van der Waals surface area contributed by atoms with Crippen LogP contribution in [-0.4, -0.2) is 42.0 Å². The highest BCUT2D eigenvalue weighted by molar-refractivity contribution is 6.31. The van der Waals surface area contributed by atoms with Crippen LogP contribution in [0.3, 0.4) is 0 Å². The minimum absolute atomic E-state index is 0.00288. The zero-order valence-electron chi connectivity index (χ0n) is 19.5. The Hall–Kier alpha value is -3.19. The van der Waals surface area contributed by atoms with Gasteiger partial charge in [-0.1, -0.05) is 53.5 Å². The fourth-order valence-corrected chi connectivity index (χ4v) is 4.64. The van der Waals surface area contributed by atoms with E-state index in [0.29, 0.717) is 26.9 Å². The molecule has 1 saturated heterocycles. The number of benzene rings is 3. The van der Waals surface area contributed by atoms with Gasteiger partial charge in [-0.25, -0.2) is 0 Å². The first kappa shape index (κ1) is 26.9. The van der Waals surface area contributed by atoms with Crippen LogP contribution in [-0.2, 0) is 14.3 Å². The van der Waals surface area contributed by atoms with E-state index in [0.717, 1.165) is 0 Å². The van der Waals surface area contributed by atoms with Gasteiger partial charge in [0.15, 0.2) is 11.9 Å². The van der Waals surface area contributed by atoms with Crippen LogP contribution in [0.4, 0.5) is 5.69 Å². The van der Waals surface area contributed by atoms with E-state index in [4.69, 9.17) is 39.5 Å². The van der Waals surface area contributed by atoms with Crippen LogP contribution in [0.1, 0.15) is 39.1 Å². The first-order valence-corrected chi connectivity index (χ1v) is 12.8. The highest BCUT2D eigenvalue weighted by Gasteiger charge is 2.39. The number of Topliss-reactive ketones (excluding diaryl/α,β-unsaturated/α-hetero) is 1. The van der Waals surface area contributed by atoms with E-state index in [1.807, 2.05) is 0 Å². The molecule has 0 aliphatic carbocycles. The van der Waals surface area contributed by atoms with Crippen LogP contribution < -0.4 is 4.90 Å². The first-order chi connectivity index (χ1) is 17.8. The van der Waals surface area contributed by atoms with Gasteiger partial charge in [-0.3, -0.25) is 19.2 Å². The van der Waals surface area contributed by atoms with Gasteiger partial charge < -0.3 is 9.64 Å². The molecule has 1 fully saturated rings. The van der Waals surface area contributed by atoms with Crippen molar-refractivity contribution in [2.24, 2.45) is 5.92 Å². The van der Waals surface area contributed by atoms with E-state index in [1.165, 1.54) is 11.0 Å². The fourth-order valence-electron chi connectivity index (χ4n) is 4.15. The third-order valence-electron chi connectivity index (χ3n) is 6.04. The molecule has 0 saturated carbocycles. The maximum absolute atomic E-state index is 13.2. The quantitative estimate of drug-likeness (QED) is 0.183. The number of nitrogens with zero attached hydrogens (tertiary/aromatic N) is 1. The molecule has 1 aliphatic heterocycles. The number of ketones is 2. The lowest BCUT2D eigenvalue weighted by Crippen LogP contribution is -2.32. The van der Waals surface area contributed by atoms with E-state index >= 15 is 0 Å². The van der Waals surface area contributed by atoms with Crippen molar-refractivity contribution < 1.29 is 23.9 Å². The van der Waals surface area contributed by atoms with E-state index in [-0.39, 0.29) is 42.5 Å². The molecule has 1 amide bonds. The van der Waals surface area contributed by atoms with Crippen molar-refractivity contribution in [1.29, 1.82) is 0 Å². The van der Waals surface area contributed by atoms with Gasteiger partial charge in [0.1, 0.15) is 0 Å². The van der Waals surface area contributed by atoms with Gasteiger partial charge in [-0.15, -0.1) is 11.6 Å². The van der Waals surface area contributed by atoms with Crippen LogP contribution in [0, 0.1) is 5.92 Å². The standard InChI is InChI=1S/C28H22Cl3NO5/c29-13-12-24(27(35)18-6-8-20(30)9-7-18)37-28(36)19-14-25(33)32(16-19)23-11-10-21(31)15-22(23)26(34)17-4-2-1-3-5-17/h1-11,15,19,24H,12-14,16H2/t19-,24-/m0/s1. The Bertz CT molecular complexity index is 1330. The van der Waals surface area contributed by atoms with Crippen LogP contribution >= 0.6 is 34.8 Å². The molecule has 0 aromatic heterocycles. The van der Waals surface area contributed by atoms with Crippen LogP contribution in [0.2, 0.25) is 10.0 Å². The van der Waals surface area contributed by atoms with Gasteiger partial charge in [0, 0.05) is 52.0 Å². The lowest BCUT2D eigenvalue weighted by atomic mass is 10.0. The van der Waals surface area contributed by atoms with E-state index in [2.05, 4.69) is 0 Å². The highest BCUT2D eigenvalue weighted by atomic mass is 35.5. The van der Waals surface area contributed by atoms with Crippen LogP contribution in [0.25, 0.3) is 0 Å². The number of anilines is 1. The summed E-state index contributed by atoms with van der Waals surface area (Å²) in [4.78, 5) is 53.5. The van der Waals surface area contributed by atoms with Gasteiger partial charge >= 0.3 is 5.97 Å². The molecule has 4 rings (SSSR count). The Morgan fingerprint density at radius 3 is 2.27 bits per heavy atom. The molecule has 3 aromatic rings. The van der Waals surface area contributed by atoms with Crippen molar-refractivity contribution in [3.8, 4) is 0 Å². The summed E-state index contributed by atoms with van der Waals surface area (Å²) < 4.78 is 5.55. The molecule has 2 atom stereocenters. The second kappa shape index (κ2) is 11.9. The smallest absolute Gasteiger partial charge is 0.312 e. The van der Waals surface area contributed by atoms with Crippen molar-refractivity contribution >= 4 is 63.9 Å². The number of esters is 1. The molecule has 9 heteroatoms. The Morgan fingerprint density at radius 2 is 1.59 bits per heavy atom. The molecule has 0 N–H and O–H groups in total. The molecule has 0 bridgehead atoms. The van der Waals surface area contributed by atoms with Gasteiger partial charge in [0.25, 0.3) is 0 Å². The lowest BCUT2D eigenvalue weighted by molar-refractivity contribution is -0.151. The van der Waals surface area contributed by atoms with Crippen molar-refractivity contribution in [2.75, 3.05) is 17.3 Å². The number of hydrogen-bond donors (Lipinski definition) is 0. The van der Waals surface area contributed by atoms with Gasteiger partial charge in [0.05, 0.1) is 11.6 Å². The second-order valence-electron chi connectivity index (χ2n) is 8.54. The number of hydrogen-bond acceptors (Lipinski definition) is 5. The lowest BCUT2D eigenvalue weighted by Gasteiger charge is -2.21. The monoisotopic (exact) mass is 557 g/mol. The third-order valence-corrected chi connectivity index (χ3v) is 6.74. The molecule has 6 nitrogen and oxygen atoms in total.